The van der Waals surface area contributed by atoms with Gasteiger partial charge in [-0.25, -0.2) is 0 Å². The van der Waals surface area contributed by atoms with Crippen molar-refractivity contribution >= 4 is 29.7 Å². The third-order valence-electron chi connectivity index (χ3n) is 2.36. The molecule has 0 atom stereocenters. The first-order valence-corrected chi connectivity index (χ1v) is 6.56. The Kier molecular flexibility index (Phi) is 9.13. The second-order valence-electron chi connectivity index (χ2n) is 3.71. The summed E-state index contributed by atoms with van der Waals surface area (Å²) in [6.07, 6.45) is 2.57. The molecule has 0 radical (unpaired) electrons. The van der Waals surface area contributed by atoms with Crippen LogP contribution in [-0.2, 0) is 17.8 Å². The van der Waals surface area contributed by atoms with Crippen LogP contribution in [0.3, 0.4) is 0 Å². The number of hydrogen-bond acceptors (Lipinski definition) is 3. The maximum absolute atomic E-state index is 11.4. The van der Waals surface area contributed by atoms with E-state index in [0.29, 0.717) is 13.0 Å². The lowest BCUT2D eigenvalue weighted by molar-refractivity contribution is -0.121. The lowest BCUT2D eigenvalue weighted by Crippen LogP contribution is -2.23. The first-order valence-electron chi connectivity index (χ1n) is 5.75. The van der Waals surface area contributed by atoms with E-state index in [9.17, 15) is 4.79 Å². The van der Waals surface area contributed by atoms with E-state index in [1.807, 2.05) is 7.05 Å². The van der Waals surface area contributed by atoms with Crippen LogP contribution in [0.1, 0.15) is 29.5 Å². The molecule has 0 aliphatic heterocycles. The van der Waals surface area contributed by atoms with Crippen molar-refractivity contribution in [3.05, 3.63) is 21.9 Å². The van der Waals surface area contributed by atoms with Crippen LogP contribution in [0.15, 0.2) is 12.1 Å². The molecule has 0 unspecified atom stereocenters. The highest BCUT2D eigenvalue weighted by molar-refractivity contribution is 7.11. The van der Waals surface area contributed by atoms with E-state index in [1.165, 1.54) is 9.75 Å². The quantitative estimate of drug-likeness (QED) is 0.751. The van der Waals surface area contributed by atoms with Gasteiger partial charge in [0.25, 0.3) is 0 Å². The molecular formula is C12H21ClN2OS. The van der Waals surface area contributed by atoms with Gasteiger partial charge in [0.05, 0.1) is 6.54 Å². The Bertz CT molecular complexity index is 328. The largest absolute Gasteiger partial charge is 0.351 e. The SMILES string of the molecule is CCc1ccc(CNC(=O)CCCNC)s1.Cl. The number of aryl methyl sites for hydroxylation is 1. The zero-order chi connectivity index (χ0) is 11.8. The standard InChI is InChI=1S/C12H20N2OS.ClH/c1-3-10-6-7-11(16-10)9-14-12(15)5-4-8-13-2;/h6-7,13H,3-5,8-9H2,1-2H3,(H,14,15);1H. The van der Waals surface area contributed by atoms with E-state index in [2.05, 4.69) is 29.7 Å². The second-order valence-corrected chi connectivity index (χ2v) is 4.96. The van der Waals surface area contributed by atoms with E-state index in [0.717, 1.165) is 19.4 Å². The highest BCUT2D eigenvalue weighted by Crippen LogP contribution is 2.16. The average molecular weight is 277 g/mol. The molecule has 1 heterocycles. The average Bonchev–Trinajstić information content (AvgIpc) is 2.74. The van der Waals surface area contributed by atoms with Crippen LogP contribution in [0.5, 0.6) is 0 Å². The molecule has 0 aliphatic rings. The Hall–Kier alpha value is -0.580. The van der Waals surface area contributed by atoms with Crippen molar-refractivity contribution in [1.29, 1.82) is 0 Å². The molecule has 1 amide bonds. The van der Waals surface area contributed by atoms with E-state index < -0.39 is 0 Å². The van der Waals surface area contributed by atoms with Crippen molar-refractivity contribution in [2.45, 2.75) is 32.7 Å². The molecule has 1 rings (SSSR count). The molecule has 0 aromatic carbocycles. The van der Waals surface area contributed by atoms with E-state index >= 15 is 0 Å². The number of amides is 1. The van der Waals surface area contributed by atoms with Crippen molar-refractivity contribution in [2.75, 3.05) is 13.6 Å². The summed E-state index contributed by atoms with van der Waals surface area (Å²) in [4.78, 5) is 14.0. The minimum Gasteiger partial charge on any atom is -0.351 e. The monoisotopic (exact) mass is 276 g/mol. The first-order chi connectivity index (χ1) is 7.76. The van der Waals surface area contributed by atoms with Gasteiger partial charge in [0.2, 0.25) is 5.91 Å². The fourth-order valence-corrected chi connectivity index (χ4v) is 2.30. The van der Waals surface area contributed by atoms with E-state index in [1.54, 1.807) is 11.3 Å². The Morgan fingerprint density at radius 3 is 2.65 bits per heavy atom. The lowest BCUT2D eigenvalue weighted by atomic mass is 10.3. The normalized spacial score (nSPS) is 9.76. The van der Waals surface area contributed by atoms with Gasteiger partial charge in [-0.05, 0) is 38.6 Å². The van der Waals surface area contributed by atoms with Gasteiger partial charge in [0.15, 0.2) is 0 Å². The van der Waals surface area contributed by atoms with Crippen molar-refractivity contribution in [2.24, 2.45) is 0 Å². The first kappa shape index (κ1) is 16.4. The molecular weight excluding hydrogens is 256 g/mol. The fraction of sp³-hybridized carbons (Fsp3) is 0.583. The minimum absolute atomic E-state index is 0. The molecule has 3 nitrogen and oxygen atoms in total. The Labute approximate surface area is 113 Å². The van der Waals surface area contributed by atoms with Crippen molar-refractivity contribution in [3.8, 4) is 0 Å². The van der Waals surface area contributed by atoms with Gasteiger partial charge in [-0.15, -0.1) is 23.7 Å². The van der Waals surface area contributed by atoms with Crippen LogP contribution in [0.4, 0.5) is 0 Å². The molecule has 0 aliphatic carbocycles. The number of thiophene rings is 1. The van der Waals surface area contributed by atoms with Gasteiger partial charge < -0.3 is 10.6 Å². The number of nitrogens with one attached hydrogen (secondary N) is 2. The number of carbonyl (C=O) groups is 1. The summed E-state index contributed by atoms with van der Waals surface area (Å²) in [5, 5.41) is 5.97. The number of hydrogen-bond donors (Lipinski definition) is 2. The van der Waals surface area contributed by atoms with Gasteiger partial charge in [-0.1, -0.05) is 6.92 Å². The maximum atomic E-state index is 11.4. The van der Waals surface area contributed by atoms with Crippen LogP contribution in [-0.4, -0.2) is 19.5 Å². The predicted molar refractivity (Wildman–Crippen MR) is 76.0 cm³/mol. The van der Waals surface area contributed by atoms with Gasteiger partial charge in [-0.3, -0.25) is 4.79 Å². The molecule has 17 heavy (non-hydrogen) atoms. The molecule has 0 saturated carbocycles. The topological polar surface area (TPSA) is 41.1 Å². The summed E-state index contributed by atoms with van der Waals surface area (Å²) >= 11 is 1.78. The Morgan fingerprint density at radius 1 is 1.35 bits per heavy atom. The zero-order valence-electron chi connectivity index (χ0n) is 10.4. The van der Waals surface area contributed by atoms with Gasteiger partial charge >= 0.3 is 0 Å². The summed E-state index contributed by atoms with van der Waals surface area (Å²) in [7, 11) is 1.90. The molecule has 2 N–H and O–H groups in total. The van der Waals surface area contributed by atoms with Crippen LogP contribution < -0.4 is 10.6 Å². The van der Waals surface area contributed by atoms with E-state index in [-0.39, 0.29) is 18.3 Å². The van der Waals surface area contributed by atoms with Gasteiger partial charge in [-0.2, -0.15) is 0 Å². The van der Waals surface area contributed by atoms with Crippen LogP contribution in [0.25, 0.3) is 0 Å². The Morgan fingerprint density at radius 2 is 2.06 bits per heavy atom. The lowest BCUT2D eigenvalue weighted by Gasteiger charge is -2.03. The maximum Gasteiger partial charge on any atom is 0.220 e. The van der Waals surface area contributed by atoms with E-state index in [4.69, 9.17) is 0 Å². The fourth-order valence-electron chi connectivity index (χ4n) is 1.41. The molecule has 0 saturated heterocycles. The predicted octanol–water partition coefficient (Wildman–Crippen LogP) is 2.35. The van der Waals surface area contributed by atoms with Gasteiger partial charge in [0, 0.05) is 16.2 Å². The van der Waals surface area contributed by atoms with Crippen molar-refractivity contribution in [3.63, 3.8) is 0 Å². The van der Waals surface area contributed by atoms with Gasteiger partial charge in [0.1, 0.15) is 0 Å². The molecule has 0 bridgehead atoms. The molecule has 98 valence electrons. The van der Waals surface area contributed by atoms with Crippen molar-refractivity contribution in [1.82, 2.24) is 10.6 Å². The van der Waals surface area contributed by atoms with Crippen LogP contribution in [0.2, 0.25) is 0 Å². The summed E-state index contributed by atoms with van der Waals surface area (Å²) in [6.45, 7) is 3.71. The second kappa shape index (κ2) is 9.45. The van der Waals surface area contributed by atoms with Crippen molar-refractivity contribution < 1.29 is 4.79 Å². The number of carbonyl (C=O) groups excluding carboxylic acids is 1. The third kappa shape index (κ3) is 6.66. The smallest absolute Gasteiger partial charge is 0.220 e. The summed E-state index contributed by atoms with van der Waals surface area (Å²) in [5.74, 6) is 0.140. The zero-order valence-corrected chi connectivity index (χ0v) is 12.0. The molecule has 0 spiro atoms. The summed E-state index contributed by atoms with van der Waals surface area (Å²) in [6, 6.07) is 4.23. The highest BCUT2D eigenvalue weighted by Gasteiger charge is 2.02. The molecule has 0 fully saturated rings. The molecule has 5 heteroatoms. The van der Waals surface area contributed by atoms with Crippen LogP contribution >= 0.6 is 23.7 Å². The number of rotatable bonds is 7. The molecule has 1 aromatic rings. The molecule has 1 aromatic heterocycles. The van der Waals surface area contributed by atoms with Crippen LogP contribution in [0, 0.1) is 0 Å². The summed E-state index contributed by atoms with van der Waals surface area (Å²) < 4.78 is 0. The summed E-state index contributed by atoms with van der Waals surface area (Å²) in [5.41, 5.74) is 0. The Balaban J connectivity index is 0.00000256. The number of halogens is 1. The third-order valence-corrected chi connectivity index (χ3v) is 3.59. The highest BCUT2D eigenvalue weighted by atomic mass is 35.5. The minimum atomic E-state index is 0.